The van der Waals surface area contributed by atoms with E-state index < -0.39 is 0 Å². The molecule has 1 aromatic carbocycles. The van der Waals surface area contributed by atoms with Crippen LogP contribution in [0, 0.1) is 0 Å². The zero-order chi connectivity index (χ0) is 17.7. The van der Waals surface area contributed by atoms with Crippen molar-refractivity contribution in [3.05, 3.63) is 60.7 Å². The molecule has 25 heavy (non-hydrogen) atoms. The number of nitrogens with two attached hydrogens (primary N) is 1. The third kappa shape index (κ3) is 4.25. The maximum Gasteiger partial charge on any atom is 0.143 e. The molecule has 2 N–H and O–H groups in total. The Balaban J connectivity index is 1.64. The maximum absolute atomic E-state index is 2.61. The van der Waals surface area contributed by atoms with Gasteiger partial charge in [0.15, 0.2) is 0 Å². The predicted octanol–water partition coefficient (Wildman–Crippen LogP) is 4.20. The van der Waals surface area contributed by atoms with Gasteiger partial charge in [-0.3, -0.25) is 4.90 Å². The Morgan fingerprint density at radius 3 is 2.84 bits per heavy atom. The number of quaternary nitrogens is 1. The van der Waals surface area contributed by atoms with E-state index in [0.29, 0.717) is 11.3 Å². The zero-order valence-corrected chi connectivity index (χ0v) is 17.0. The van der Waals surface area contributed by atoms with Crippen molar-refractivity contribution in [2.75, 3.05) is 18.8 Å². The number of para-hydroxylation sites is 1. The second kappa shape index (κ2) is 8.63. The van der Waals surface area contributed by atoms with E-state index in [9.17, 15) is 0 Å². The van der Waals surface area contributed by atoms with Gasteiger partial charge in [0.25, 0.3) is 0 Å². The molecule has 1 aliphatic heterocycles. The first kappa shape index (κ1) is 18.8. The molecular formula is C21H29N2S2+. The lowest BCUT2D eigenvalue weighted by molar-refractivity contribution is -0.570. The summed E-state index contributed by atoms with van der Waals surface area (Å²) in [5.41, 5.74) is 1.36. The summed E-state index contributed by atoms with van der Waals surface area (Å²) in [7, 11) is 0. The van der Waals surface area contributed by atoms with Gasteiger partial charge in [0.05, 0.1) is 16.3 Å². The van der Waals surface area contributed by atoms with Crippen molar-refractivity contribution in [2.45, 2.75) is 41.8 Å². The van der Waals surface area contributed by atoms with Gasteiger partial charge < -0.3 is 5.32 Å². The lowest BCUT2D eigenvalue weighted by Crippen LogP contribution is -2.77. The number of likely N-dealkylation sites (N-methyl/N-ethyl adjacent to an activating group) is 1. The van der Waals surface area contributed by atoms with E-state index in [4.69, 9.17) is 0 Å². The molecule has 0 bridgehead atoms. The standard InChI is InChI=1S/C21H28N2S2/c1-4-22-17-11-6-8-13-19(17)24-16-10-15-21(3)23(5-2)18-12-7-9-14-20(18)25-21/h6-15,18,20,22H,4-5,16H2,1-3H3/p+1. The fourth-order valence-corrected chi connectivity index (χ4v) is 6.19. The third-order valence-corrected chi connectivity index (χ3v) is 7.41. The summed E-state index contributed by atoms with van der Waals surface area (Å²) in [5.74, 6) is 1.02. The summed E-state index contributed by atoms with van der Waals surface area (Å²) in [6, 6.07) is 9.23. The van der Waals surface area contributed by atoms with Crippen LogP contribution in [0.5, 0.6) is 0 Å². The normalized spacial score (nSPS) is 28.8. The maximum atomic E-state index is 2.61. The Hall–Kier alpha value is -0.940. The SMILES string of the molecule is CC[NH2+]c1ccccc1SCC=CC1(C)SC2C=CC=CC2N1CC. The van der Waals surface area contributed by atoms with E-state index in [-0.39, 0.29) is 4.87 Å². The Morgan fingerprint density at radius 2 is 2.04 bits per heavy atom. The molecule has 3 unspecified atom stereocenters. The van der Waals surface area contributed by atoms with E-state index in [1.165, 1.54) is 10.6 Å². The molecule has 1 fully saturated rings. The highest BCUT2D eigenvalue weighted by atomic mass is 32.2. The number of fused-ring (bicyclic) bond motifs is 1. The van der Waals surface area contributed by atoms with Gasteiger partial charge in [0, 0.05) is 23.1 Å². The highest BCUT2D eigenvalue weighted by Crippen LogP contribution is 2.47. The van der Waals surface area contributed by atoms with Crippen LogP contribution in [0.3, 0.4) is 0 Å². The predicted molar refractivity (Wildman–Crippen MR) is 113 cm³/mol. The highest BCUT2D eigenvalue weighted by Gasteiger charge is 2.45. The number of hydrogen-bond acceptors (Lipinski definition) is 3. The molecule has 1 aromatic rings. The molecule has 1 aliphatic carbocycles. The number of rotatable bonds is 7. The largest absolute Gasteiger partial charge is 0.313 e. The first-order chi connectivity index (χ1) is 12.2. The van der Waals surface area contributed by atoms with E-state index in [2.05, 4.69) is 103 Å². The van der Waals surface area contributed by atoms with Gasteiger partial charge in [-0.1, -0.05) is 55.5 Å². The van der Waals surface area contributed by atoms with E-state index >= 15 is 0 Å². The molecule has 3 atom stereocenters. The molecule has 134 valence electrons. The van der Waals surface area contributed by atoms with Crippen LogP contribution in [0.15, 0.2) is 65.6 Å². The summed E-state index contributed by atoms with van der Waals surface area (Å²) in [6.07, 6.45) is 13.9. The van der Waals surface area contributed by atoms with Gasteiger partial charge in [0.2, 0.25) is 0 Å². The van der Waals surface area contributed by atoms with E-state index in [1.54, 1.807) is 0 Å². The molecule has 2 nitrogen and oxygen atoms in total. The van der Waals surface area contributed by atoms with Crippen LogP contribution in [-0.2, 0) is 0 Å². The van der Waals surface area contributed by atoms with Gasteiger partial charge in [-0.15, -0.1) is 23.5 Å². The first-order valence-electron chi connectivity index (χ1n) is 9.20. The fourth-order valence-electron chi connectivity index (χ4n) is 3.67. The minimum Gasteiger partial charge on any atom is -0.313 e. The van der Waals surface area contributed by atoms with E-state index in [0.717, 1.165) is 18.8 Å². The number of benzene rings is 1. The van der Waals surface area contributed by atoms with Crippen molar-refractivity contribution in [3.63, 3.8) is 0 Å². The van der Waals surface area contributed by atoms with Gasteiger partial charge >= 0.3 is 0 Å². The van der Waals surface area contributed by atoms with Crippen LogP contribution in [0.4, 0.5) is 5.69 Å². The van der Waals surface area contributed by atoms with Gasteiger partial charge in [0.1, 0.15) is 5.69 Å². The van der Waals surface area contributed by atoms with Gasteiger partial charge in [-0.25, -0.2) is 0 Å². The van der Waals surface area contributed by atoms with Crippen LogP contribution in [-0.4, -0.2) is 39.9 Å². The molecule has 3 rings (SSSR count). The first-order valence-corrected chi connectivity index (χ1v) is 11.1. The van der Waals surface area contributed by atoms with Crippen molar-refractivity contribution in [2.24, 2.45) is 0 Å². The number of allylic oxidation sites excluding steroid dienone is 2. The lowest BCUT2D eigenvalue weighted by atomic mass is 10.0. The van der Waals surface area contributed by atoms with Crippen LogP contribution in [0.25, 0.3) is 0 Å². The molecule has 1 heterocycles. The summed E-state index contributed by atoms with van der Waals surface area (Å²) in [4.78, 5) is 4.08. The summed E-state index contributed by atoms with van der Waals surface area (Å²) in [5, 5.41) is 2.88. The van der Waals surface area contributed by atoms with Gasteiger partial charge in [-0.05, 0) is 26.5 Å². The van der Waals surface area contributed by atoms with Crippen molar-refractivity contribution in [3.8, 4) is 0 Å². The third-order valence-electron chi connectivity index (χ3n) is 4.81. The Morgan fingerprint density at radius 1 is 1.24 bits per heavy atom. The van der Waals surface area contributed by atoms with Crippen LogP contribution in [0.2, 0.25) is 0 Å². The Bertz CT molecular complexity index is 668. The molecular weight excluding hydrogens is 344 g/mol. The molecule has 0 aromatic heterocycles. The molecule has 0 radical (unpaired) electrons. The quantitative estimate of drug-likeness (QED) is 0.439. The number of thioether (sulfide) groups is 2. The average molecular weight is 374 g/mol. The van der Waals surface area contributed by atoms with Crippen LogP contribution < -0.4 is 5.32 Å². The molecule has 4 heteroatoms. The second-order valence-electron chi connectivity index (χ2n) is 6.55. The molecule has 0 saturated carbocycles. The van der Waals surface area contributed by atoms with Crippen molar-refractivity contribution in [1.82, 2.24) is 4.90 Å². The smallest absolute Gasteiger partial charge is 0.143 e. The lowest BCUT2D eigenvalue weighted by Gasteiger charge is -2.33. The minimum atomic E-state index is 0.0821. The van der Waals surface area contributed by atoms with Crippen molar-refractivity contribution >= 4 is 29.2 Å². The topological polar surface area (TPSA) is 19.9 Å². The molecule has 0 spiro atoms. The second-order valence-corrected chi connectivity index (χ2v) is 9.22. The molecule has 1 saturated heterocycles. The number of hydrogen-bond donors (Lipinski definition) is 1. The highest BCUT2D eigenvalue weighted by molar-refractivity contribution is 8.01. The van der Waals surface area contributed by atoms with Crippen LogP contribution in [0.1, 0.15) is 20.8 Å². The van der Waals surface area contributed by atoms with Crippen LogP contribution >= 0.6 is 23.5 Å². The summed E-state index contributed by atoms with van der Waals surface area (Å²) >= 11 is 4.00. The molecule has 0 amide bonds. The Labute approximate surface area is 160 Å². The van der Waals surface area contributed by atoms with Crippen molar-refractivity contribution in [1.29, 1.82) is 0 Å². The fraction of sp³-hybridized carbons (Fsp3) is 0.429. The zero-order valence-electron chi connectivity index (χ0n) is 15.4. The summed E-state index contributed by atoms with van der Waals surface area (Å²) < 4.78 is 0. The Kier molecular flexibility index (Phi) is 6.50. The van der Waals surface area contributed by atoms with Crippen molar-refractivity contribution < 1.29 is 5.32 Å². The minimum absolute atomic E-state index is 0.0821. The van der Waals surface area contributed by atoms with Gasteiger partial charge in [-0.2, -0.15) is 0 Å². The monoisotopic (exact) mass is 373 g/mol. The molecule has 2 aliphatic rings. The summed E-state index contributed by atoms with van der Waals surface area (Å²) in [6.45, 7) is 8.99. The average Bonchev–Trinajstić information content (AvgIpc) is 2.91. The van der Waals surface area contributed by atoms with E-state index in [1.807, 2.05) is 11.8 Å². The number of nitrogens with zero attached hydrogens (tertiary/aromatic N) is 1.